The molecule has 0 aliphatic heterocycles. The quantitative estimate of drug-likeness (QED) is 0.531. The zero-order valence-corrected chi connectivity index (χ0v) is 11.3. The van der Waals surface area contributed by atoms with Crippen molar-refractivity contribution in [1.29, 1.82) is 0 Å². The Morgan fingerprint density at radius 2 is 2.20 bits per heavy atom. The molecular formula is C11H19N5O4. The van der Waals surface area contributed by atoms with Crippen molar-refractivity contribution in [3.63, 3.8) is 0 Å². The number of carbonyl (C=O) groups is 2. The minimum absolute atomic E-state index is 0.198. The monoisotopic (exact) mass is 285 g/mol. The Hall–Kier alpha value is -2.16. The number of nitrogens with one attached hydrogen (secondary N) is 2. The summed E-state index contributed by atoms with van der Waals surface area (Å²) >= 11 is 0. The van der Waals surface area contributed by atoms with E-state index in [9.17, 15) is 9.59 Å². The largest absolute Gasteiger partial charge is 0.480 e. The van der Waals surface area contributed by atoms with Gasteiger partial charge in [-0.15, -0.1) is 5.10 Å². The lowest BCUT2D eigenvalue weighted by atomic mass is 10.3. The SMILES string of the molecule is COCCCCNC(=O)NCc1cn(CC(=O)O)nn1. The molecule has 0 aliphatic rings. The number of rotatable bonds is 9. The summed E-state index contributed by atoms with van der Waals surface area (Å²) in [5, 5.41) is 21.3. The van der Waals surface area contributed by atoms with E-state index in [1.165, 1.54) is 10.9 Å². The molecule has 0 fully saturated rings. The van der Waals surface area contributed by atoms with Gasteiger partial charge < -0.3 is 20.5 Å². The van der Waals surface area contributed by atoms with E-state index in [4.69, 9.17) is 9.84 Å². The van der Waals surface area contributed by atoms with E-state index in [-0.39, 0.29) is 19.1 Å². The van der Waals surface area contributed by atoms with Gasteiger partial charge in [0, 0.05) is 20.3 Å². The number of aliphatic carboxylic acids is 1. The third kappa shape index (κ3) is 6.69. The van der Waals surface area contributed by atoms with Crippen molar-refractivity contribution >= 4 is 12.0 Å². The number of carboxylic acids is 1. The second-order valence-electron chi connectivity index (χ2n) is 4.11. The van der Waals surface area contributed by atoms with Crippen LogP contribution in [0.25, 0.3) is 0 Å². The topological polar surface area (TPSA) is 118 Å². The standard InChI is InChI=1S/C11H19N5O4/c1-20-5-3-2-4-12-11(19)13-6-9-7-16(15-14-9)8-10(17)18/h7H,2-6,8H2,1H3,(H,17,18)(H2,12,13,19). The Bertz CT molecular complexity index is 434. The average molecular weight is 285 g/mol. The summed E-state index contributed by atoms with van der Waals surface area (Å²) in [5.74, 6) is -0.997. The Morgan fingerprint density at radius 3 is 2.90 bits per heavy atom. The molecule has 9 nitrogen and oxygen atoms in total. The molecule has 0 aliphatic carbocycles. The summed E-state index contributed by atoms with van der Waals surface area (Å²) in [6.07, 6.45) is 3.21. The summed E-state index contributed by atoms with van der Waals surface area (Å²) in [4.78, 5) is 21.9. The first kappa shape index (κ1) is 15.9. The van der Waals surface area contributed by atoms with Crippen molar-refractivity contribution in [3.05, 3.63) is 11.9 Å². The molecule has 0 radical (unpaired) electrons. The fourth-order valence-corrected chi connectivity index (χ4v) is 1.44. The lowest BCUT2D eigenvalue weighted by molar-refractivity contribution is -0.137. The molecule has 0 spiro atoms. The highest BCUT2D eigenvalue weighted by Crippen LogP contribution is 1.92. The highest BCUT2D eigenvalue weighted by Gasteiger charge is 2.05. The Labute approximate surface area is 116 Å². The molecule has 1 rings (SSSR count). The fraction of sp³-hybridized carbons (Fsp3) is 0.636. The number of amides is 2. The van der Waals surface area contributed by atoms with E-state index in [1.807, 2.05) is 0 Å². The number of hydrogen-bond acceptors (Lipinski definition) is 5. The van der Waals surface area contributed by atoms with E-state index >= 15 is 0 Å². The zero-order chi connectivity index (χ0) is 14.8. The van der Waals surface area contributed by atoms with Gasteiger partial charge in [0.05, 0.1) is 12.7 Å². The Balaban J connectivity index is 2.17. The summed E-state index contributed by atoms with van der Waals surface area (Å²) in [6, 6.07) is -0.296. The van der Waals surface area contributed by atoms with Crippen LogP contribution in [-0.2, 0) is 22.6 Å². The van der Waals surface area contributed by atoms with Crippen molar-refractivity contribution in [3.8, 4) is 0 Å². The van der Waals surface area contributed by atoms with E-state index in [0.717, 1.165) is 12.8 Å². The van der Waals surface area contributed by atoms with Crippen LogP contribution in [0.3, 0.4) is 0 Å². The Kier molecular flexibility index (Phi) is 7.04. The zero-order valence-electron chi connectivity index (χ0n) is 11.3. The molecule has 1 aromatic heterocycles. The third-order valence-electron chi connectivity index (χ3n) is 2.37. The minimum Gasteiger partial charge on any atom is -0.480 e. The molecule has 0 aromatic carbocycles. The maximum atomic E-state index is 11.4. The smallest absolute Gasteiger partial charge is 0.325 e. The molecule has 9 heteroatoms. The summed E-state index contributed by atoms with van der Waals surface area (Å²) in [6.45, 7) is 1.19. The highest BCUT2D eigenvalue weighted by molar-refractivity contribution is 5.73. The van der Waals surface area contributed by atoms with Crippen molar-refractivity contribution in [2.24, 2.45) is 0 Å². The summed E-state index contributed by atoms with van der Waals surface area (Å²) < 4.78 is 6.09. The van der Waals surface area contributed by atoms with Gasteiger partial charge in [-0.3, -0.25) is 4.79 Å². The van der Waals surface area contributed by atoms with Crippen LogP contribution < -0.4 is 10.6 Å². The van der Waals surface area contributed by atoms with E-state index in [1.54, 1.807) is 7.11 Å². The number of ether oxygens (including phenoxy) is 1. The number of nitrogens with zero attached hydrogens (tertiary/aromatic N) is 3. The van der Waals surface area contributed by atoms with Crippen molar-refractivity contribution in [1.82, 2.24) is 25.6 Å². The van der Waals surface area contributed by atoms with Crippen LogP contribution in [0.15, 0.2) is 6.20 Å². The number of carboxylic acid groups (broad SMARTS) is 1. The second-order valence-corrected chi connectivity index (χ2v) is 4.11. The van der Waals surface area contributed by atoms with Gasteiger partial charge in [-0.2, -0.15) is 0 Å². The van der Waals surface area contributed by atoms with Crippen LogP contribution in [0.1, 0.15) is 18.5 Å². The van der Waals surface area contributed by atoms with Crippen LogP contribution in [0, 0.1) is 0 Å². The lowest BCUT2D eigenvalue weighted by Crippen LogP contribution is -2.35. The minimum atomic E-state index is -0.997. The van der Waals surface area contributed by atoms with Gasteiger partial charge in [-0.05, 0) is 12.8 Å². The molecule has 3 N–H and O–H groups in total. The van der Waals surface area contributed by atoms with Gasteiger partial charge in [-0.1, -0.05) is 5.21 Å². The number of carbonyl (C=O) groups excluding carboxylic acids is 1. The summed E-state index contributed by atoms with van der Waals surface area (Å²) in [5.41, 5.74) is 0.501. The lowest BCUT2D eigenvalue weighted by Gasteiger charge is -2.05. The van der Waals surface area contributed by atoms with E-state index < -0.39 is 5.97 Å². The molecule has 0 saturated heterocycles. The van der Waals surface area contributed by atoms with Crippen molar-refractivity contribution in [2.45, 2.75) is 25.9 Å². The number of urea groups is 1. The molecule has 0 saturated carbocycles. The molecule has 0 bridgehead atoms. The molecule has 1 heterocycles. The van der Waals surface area contributed by atoms with E-state index in [2.05, 4.69) is 20.9 Å². The highest BCUT2D eigenvalue weighted by atomic mass is 16.5. The first-order chi connectivity index (χ1) is 9.61. The van der Waals surface area contributed by atoms with Gasteiger partial charge in [0.15, 0.2) is 0 Å². The fourth-order valence-electron chi connectivity index (χ4n) is 1.44. The first-order valence-electron chi connectivity index (χ1n) is 6.23. The Morgan fingerprint density at radius 1 is 1.40 bits per heavy atom. The van der Waals surface area contributed by atoms with Crippen LogP contribution in [-0.4, -0.2) is 52.4 Å². The number of unbranched alkanes of at least 4 members (excludes halogenated alkanes) is 1. The second kappa shape index (κ2) is 8.86. The van der Waals surface area contributed by atoms with Gasteiger partial charge in [0.25, 0.3) is 0 Å². The molecular weight excluding hydrogens is 266 g/mol. The molecule has 0 atom stereocenters. The molecule has 2 amide bonds. The summed E-state index contributed by atoms with van der Waals surface area (Å²) in [7, 11) is 1.64. The number of methoxy groups -OCH3 is 1. The average Bonchev–Trinajstić information content (AvgIpc) is 2.83. The predicted molar refractivity (Wildman–Crippen MR) is 69.0 cm³/mol. The third-order valence-corrected chi connectivity index (χ3v) is 2.37. The van der Waals surface area contributed by atoms with Gasteiger partial charge in [-0.25, -0.2) is 9.48 Å². The maximum absolute atomic E-state index is 11.4. The predicted octanol–water partition coefficient (Wildman–Crippen LogP) is -0.411. The van der Waals surface area contributed by atoms with Gasteiger partial charge in [0.2, 0.25) is 0 Å². The molecule has 0 unspecified atom stereocenters. The van der Waals surface area contributed by atoms with Gasteiger partial charge >= 0.3 is 12.0 Å². The van der Waals surface area contributed by atoms with Crippen LogP contribution in [0.2, 0.25) is 0 Å². The maximum Gasteiger partial charge on any atom is 0.325 e. The first-order valence-corrected chi connectivity index (χ1v) is 6.23. The van der Waals surface area contributed by atoms with Crippen LogP contribution in [0.4, 0.5) is 4.79 Å². The van der Waals surface area contributed by atoms with Crippen molar-refractivity contribution < 1.29 is 19.4 Å². The van der Waals surface area contributed by atoms with Gasteiger partial charge in [0.1, 0.15) is 12.2 Å². The molecule has 112 valence electrons. The number of aromatic nitrogens is 3. The van der Waals surface area contributed by atoms with Crippen LogP contribution >= 0.6 is 0 Å². The van der Waals surface area contributed by atoms with E-state index in [0.29, 0.717) is 18.8 Å². The van der Waals surface area contributed by atoms with Crippen LogP contribution in [0.5, 0.6) is 0 Å². The normalized spacial score (nSPS) is 10.2. The molecule has 1 aromatic rings. The van der Waals surface area contributed by atoms with Crippen molar-refractivity contribution in [2.75, 3.05) is 20.3 Å². The molecule has 20 heavy (non-hydrogen) atoms. The number of hydrogen-bond donors (Lipinski definition) is 3.